The second kappa shape index (κ2) is 8.60. The molecule has 5 nitrogen and oxygen atoms in total. The molecule has 0 unspecified atom stereocenters. The predicted molar refractivity (Wildman–Crippen MR) is 187 cm³/mol. The minimum Gasteiger partial charge on any atom is -0.276 e. The molecule has 0 bridgehead atoms. The van der Waals surface area contributed by atoms with Crippen molar-refractivity contribution in [3.8, 4) is 11.1 Å². The van der Waals surface area contributed by atoms with E-state index >= 15 is 0 Å². The Labute approximate surface area is 259 Å². The van der Waals surface area contributed by atoms with Crippen molar-refractivity contribution in [3.63, 3.8) is 0 Å². The highest BCUT2D eigenvalue weighted by Crippen LogP contribution is 2.39. The Morgan fingerprint density at radius 3 is 1.31 bits per heavy atom. The van der Waals surface area contributed by atoms with Crippen LogP contribution in [0.3, 0.4) is 0 Å². The Morgan fingerprint density at radius 1 is 0.444 bits per heavy atom. The third kappa shape index (κ3) is 3.33. The second-order valence-corrected chi connectivity index (χ2v) is 13.3. The standard InChI is InChI=1S/C40H31N5/c1-22(2)28-13-29(23(3)4)15-30(14-28)31-20-36-38-37(21-31)44-35-19-27-12-8-6-10-25(27)17-33(35)42-40(44)45(38)39-41-32-16-24-9-5-7-11-26(24)18-34(32)43(36)39/h5-23H,1-4H3. The Morgan fingerprint density at radius 2 is 0.867 bits per heavy atom. The molecule has 10 aromatic rings. The number of imidazole rings is 4. The zero-order valence-electron chi connectivity index (χ0n) is 25.7. The molecule has 216 valence electrons. The van der Waals surface area contributed by atoms with Crippen LogP contribution in [0.1, 0.15) is 50.7 Å². The van der Waals surface area contributed by atoms with Crippen LogP contribution in [-0.4, -0.2) is 23.2 Å². The molecule has 0 spiro atoms. The van der Waals surface area contributed by atoms with E-state index in [4.69, 9.17) is 9.97 Å². The van der Waals surface area contributed by atoms with E-state index < -0.39 is 0 Å². The minimum absolute atomic E-state index is 0.442. The van der Waals surface area contributed by atoms with E-state index in [-0.39, 0.29) is 0 Å². The molecule has 0 atom stereocenters. The summed E-state index contributed by atoms with van der Waals surface area (Å²) < 4.78 is 6.96. The van der Waals surface area contributed by atoms with Gasteiger partial charge in [-0.25, -0.2) is 14.4 Å². The van der Waals surface area contributed by atoms with Crippen LogP contribution < -0.4 is 0 Å². The van der Waals surface area contributed by atoms with Gasteiger partial charge in [-0.2, -0.15) is 0 Å². The Balaban J connectivity index is 1.41. The molecule has 0 saturated heterocycles. The number of hydrogen-bond acceptors (Lipinski definition) is 2. The van der Waals surface area contributed by atoms with Gasteiger partial charge in [0.1, 0.15) is 5.52 Å². The minimum atomic E-state index is 0.442. The lowest BCUT2D eigenvalue weighted by Gasteiger charge is -2.15. The van der Waals surface area contributed by atoms with E-state index in [1.54, 1.807) is 0 Å². The van der Waals surface area contributed by atoms with Crippen LogP contribution in [0.25, 0.3) is 82.8 Å². The molecule has 0 fully saturated rings. The van der Waals surface area contributed by atoms with Crippen molar-refractivity contribution in [1.82, 2.24) is 23.2 Å². The average Bonchev–Trinajstić information content (AvgIpc) is 3.77. The van der Waals surface area contributed by atoms with Crippen molar-refractivity contribution >= 4 is 71.7 Å². The smallest absolute Gasteiger partial charge is 0.223 e. The van der Waals surface area contributed by atoms with Gasteiger partial charge in [-0.15, -0.1) is 0 Å². The van der Waals surface area contributed by atoms with Crippen molar-refractivity contribution in [2.45, 2.75) is 39.5 Å². The van der Waals surface area contributed by atoms with Gasteiger partial charge >= 0.3 is 0 Å². The third-order valence-electron chi connectivity index (χ3n) is 9.83. The number of fused-ring (bicyclic) bond motifs is 12. The van der Waals surface area contributed by atoms with Gasteiger partial charge in [0, 0.05) is 0 Å². The van der Waals surface area contributed by atoms with Crippen molar-refractivity contribution < 1.29 is 0 Å². The summed E-state index contributed by atoms with van der Waals surface area (Å²) in [6.07, 6.45) is 0. The Bertz CT molecular complexity index is 2640. The van der Waals surface area contributed by atoms with Gasteiger partial charge in [0.25, 0.3) is 0 Å². The first kappa shape index (κ1) is 25.0. The molecule has 6 aromatic carbocycles. The molecule has 0 saturated carbocycles. The number of rotatable bonds is 3. The summed E-state index contributed by atoms with van der Waals surface area (Å²) in [7, 11) is 0. The lowest BCUT2D eigenvalue weighted by atomic mass is 9.91. The van der Waals surface area contributed by atoms with Gasteiger partial charge in [-0.3, -0.25) is 8.80 Å². The first-order valence-corrected chi connectivity index (χ1v) is 15.9. The summed E-state index contributed by atoms with van der Waals surface area (Å²) in [6.45, 7) is 9.13. The monoisotopic (exact) mass is 581 g/mol. The highest BCUT2D eigenvalue weighted by atomic mass is 15.3. The van der Waals surface area contributed by atoms with E-state index in [0.29, 0.717) is 11.8 Å². The van der Waals surface area contributed by atoms with E-state index in [9.17, 15) is 0 Å². The summed E-state index contributed by atoms with van der Waals surface area (Å²) in [5, 5.41) is 4.82. The van der Waals surface area contributed by atoms with Crippen molar-refractivity contribution in [3.05, 3.63) is 114 Å². The molecule has 0 aliphatic carbocycles. The molecule has 0 N–H and O–H groups in total. The normalized spacial score (nSPS) is 12.8. The van der Waals surface area contributed by atoms with Crippen LogP contribution in [0, 0.1) is 0 Å². The van der Waals surface area contributed by atoms with Crippen molar-refractivity contribution in [1.29, 1.82) is 0 Å². The summed E-state index contributed by atoms with van der Waals surface area (Å²) in [5.74, 6) is 2.67. The van der Waals surface area contributed by atoms with E-state index in [1.807, 2.05) is 0 Å². The number of hydrogen-bond donors (Lipinski definition) is 0. The van der Waals surface area contributed by atoms with Gasteiger partial charge in [0.05, 0.1) is 33.1 Å². The van der Waals surface area contributed by atoms with E-state index in [0.717, 1.165) is 50.2 Å². The van der Waals surface area contributed by atoms with Crippen LogP contribution >= 0.6 is 0 Å². The van der Waals surface area contributed by atoms with Crippen LogP contribution in [0.15, 0.2) is 103 Å². The van der Waals surface area contributed by atoms with Gasteiger partial charge in [-0.1, -0.05) is 94.4 Å². The molecule has 0 radical (unpaired) electrons. The quantitative estimate of drug-likeness (QED) is 0.208. The summed E-state index contributed by atoms with van der Waals surface area (Å²) in [5.41, 5.74) is 12.9. The van der Waals surface area contributed by atoms with Crippen LogP contribution in [-0.2, 0) is 0 Å². The highest BCUT2D eigenvalue weighted by molar-refractivity contribution is 6.08. The molecule has 4 heterocycles. The van der Waals surface area contributed by atoms with Gasteiger partial charge in [0.2, 0.25) is 11.6 Å². The molecular formula is C40H31N5. The average molecular weight is 582 g/mol. The van der Waals surface area contributed by atoms with Gasteiger partial charge < -0.3 is 0 Å². The molecule has 4 aromatic heterocycles. The predicted octanol–water partition coefficient (Wildman–Crippen LogP) is 10.4. The molecule has 10 rings (SSSR count). The summed E-state index contributed by atoms with van der Waals surface area (Å²) in [4.78, 5) is 10.6. The lowest BCUT2D eigenvalue weighted by molar-refractivity contribution is 0.834. The maximum Gasteiger partial charge on any atom is 0.223 e. The second-order valence-electron chi connectivity index (χ2n) is 13.3. The highest BCUT2D eigenvalue weighted by Gasteiger charge is 2.25. The lowest BCUT2D eigenvalue weighted by Crippen LogP contribution is -1.95. The fraction of sp³-hybridized carbons (Fsp3) is 0.150. The van der Waals surface area contributed by atoms with Crippen LogP contribution in [0.4, 0.5) is 0 Å². The largest absolute Gasteiger partial charge is 0.276 e. The van der Waals surface area contributed by atoms with E-state index in [2.05, 4.69) is 144 Å². The first-order valence-electron chi connectivity index (χ1n) is 15.9. The fourth-order valence-electron chi connectivity index (χ4n) is 7.42. The zero-order valence-corrected chi connectivity index (χ0v) is 25.7. The molecular weight excluding hydrogens is 550 g/mol. The molecule has 0 aliphatic rings. The summed E-state index contributed by atoms with van der Waals surface area (Å²) >= 11 is 0. The molecule has 0 amide bonds. The zero-order chi connectivity index (χ0) is 30.1. The maximum absolute atomic E-state index is 5.28. The molecule has 5 heteroatoms. The SMILES string of the molecule is CC(C)c1cc(-c2cc3c4c(c2)n2c5cc6ccccc6cc5nc2n4c2nc4cc5ccccc5cc4n32)cc(C(C)C)c1. The number of benzene rings is 6. The molecule has 45 heavy (non-hydrogen) atoms. The fourth-order valence-corrected chi connectivity index (χ4v) is 7.42. The Hall–Kier alpha value is -5.42. The maximum atomic E-state index is 5.28. The van der Waals surface area contributed by atoms with E-state index in [1.165, 1.54) is 43.8 Å². The van der Waals surface area contributed by atoms with Crippen LogP contribution in [0.5, 0.6) is 0 Å². The van der Waals surface area contributed by atoms with Crippen LogP contribution in [0.2, 0.25) is 0 Å². The van der Waals surface area contributed by atoms with Gasteiger partial charge in [-0.05, 0) is 92.0 Å². The molecule has 0 aliphatic heterocycles. The number of aromatic nitrogens is 5. The third-order valence-corrected chi connectivity index (χ3v) is 9.83. The number of nitrogens with zero attached hydrogens (tertiary/aromatic N) is 5. The van der Waals surface area contributed by atoms with Crippen molar-refractivity contribution in [2.75, 3.05) is 0 Å². The topological polar surface area (TPSA) is 39.0 Å². The summed E-state index contributed by atoms with van der Waals surface area (Å²) in [6, 6.07) is 38.0. The van der Waals surface area contributed by atoms with Gasteiger partial charge in [0.15, 0.2) is 0 Å². The van der Waals surface area contributed by atoms with Crippen molar-refractivity contribution in [2.24, 2.45) is 0 Å². The Kier molecular flexibility index (Phi) is 4.77. The first-order chi connectivity index (χ1) is 21.9.